The van der Waals surface area contributed by atoms with Gasteiger partial charge in [-0.05, 0) is 52.2 Å². The van der Waals surface area contributed by atoms with Gasteiger partial charge in [-0.25, -0.2) is 4.39 Å². The lowest BCUT2D eigenvalue weighted by atomic mass is 10.0. The quantitative estimate of drug-likeness (QED) is 0.649. The molecule has 2 rings (SSSR count). The number of nitrogens with two attached hydrogens (primary N) is 1. The SMILES string of the molecule is COc1ccc(CC(NN)c2ccc(Br)cn2)cc1F. The summed E-state index contributed by atoms with van der Waals surface area (Å²) in [5, 5.41) is 0. The highest BCUT2D eigenvalue weighted by molar-refractivity contribution is 9.10. The van der Waals surface area contributed by atoms with Crippen molar-refractivity contribution in [1.82, 2.24) is 10.4 Å². The number of hydrogen-bond acceptors (Lipinski definition) is 4. The predicted octanol–water partition coefficient (Wildman–Crippen LogP) is 2.74. The summed E-state index contributed by atoms with van der Waals surface area (Å²) in [6, 6.07) is 8.44. The van der Waals surface area contributed by atoms with Crippen molar-refractivity contribution in [3.05, 3.63) is 58.1 Å². The van der Waals surface area contributed by atoms with Crippen molar-refractivity contribution in [1.29, 1.82) is 0 Å². The van der Waals surface area contributed by atoms with E-state index in [2.05, 4.69) is 26.3 Å². The number of halogens is 2. The average molecular weight is 340 g/mol. The number of ether oxygens (including phenoxy) is 1. The van der Waals surface area contributed by atoms with E-state index in [1.54, 1.807) is 12.3 Å². The summed E-state index contributed by atoms with van der Waals surface area (Å²) in [4.78, 5) is 4.29. The lowest BCUT2D eigenvalue weighted by Gasteiger charge is -2.16. The van der Waals surface area contributed by atoms with Crippen LogP contribution in [-0.2, 0) is 6.42 Å². The van der Waals surface area contributed by atoms with E-state index in [0.29, 0.717) is 6.42 Å². The van der Waals surface area contributed by atoms with Crippen molar-refractivity contribution >= 4 is 15.9 Å². The van der Waals surface area contributed by atoms with Crippen molar-refractivity contribution in [3.63, 3.8) is 0 Å². The molecule has 106 valence electrons. The van der Waals surface area contributed by atoms with Crippen LogP contribution in [0.1, 0.15) is 17.3 Å². The van der Waals surface area contributed by atoms with Gasteiger partial charge in [0.05, 0.1) is 18.8 Å². The molecule has 0 amide bonds. The fourth-order valence-electron chi connectivity index (χ4n) is 1.91. The Morgan fingerprint density at radius 2 is 2.20 bits per heavy atom. The maximum absolute atomic E-state index is 13.7. The number of hydrogen-bond donors (Lipinski definition) is 2. The Labute approximate surface area is 125 Å². The molecular formula is C14H15BrFN3O. The van der Waals surface area contributed by atoms with Crippen LogP contribution in [-0.4, -0.2) is 12.1 Å². The van der Waals surface area contributed by atoms with Crippen LogP contribution < -0.4 is 16.0 Å². The molecule has 0 aliphatic heterocycles. The van der Waals surface area contributed by atoms with Crippen LogP contribution >= 0.6 is 15.9 Å². The van der Waals surface area contributed by atoms with Crippen LogP contribution in [0.5, 0.6) is 5.75 Å². The maximum Gasteiger partial charge on any atom is 0.165 e. The van der Waals surface area contributed by atoms with E-state index in [9.17, 15) is 4.39 Å². The van der Waals surface area contributed by atoms with Crippen LogP contribution in [0, 0.1) is 5.82 Å². The molecule has 1 aromatic carbocycles. The summed E-state index contributed by atoms with van der Waals surface area (Å²) >= 11 is 3.33. The Hall–Kier alpha value is -1.50. The average Bonchev–Trinajstić information content (AvgIpc) is 2.46. The number of methoxy groups -OCH3 is 1. The minimum absolute atomic E-state index is 0.184. The minimum atomic E-state index is -0.385. The molecule has 0 aliphatic rings. The summed E-state index contributed by atoms with van der Waals surface area (Å²) in [5.74, 6) is 5.41. The second kappa shape index (κ2) is 6.78. The van der Waals surface area contributed by atoms with Crippen molar-refractivity contribution in [2.24, 2.45) is 5.84 Å². The summed E-state index contributed by atoms with van der Waals surface area (Å²) in [5.41, 5.74) is 4.32. The first kappa shape index (κ1) is 14.9. The standard InChI is InChI=1S/C14H15BrFN3O/c1-20-14-5-2-9(6-11(14)16)7-13(19-17)12-4-3-10(15)8-18-12/h2-6,8,13,19H,7,17H2,1H3. The molecule has 1 unspecified atom stereocenters. The van der Waals surface area contributed by atoms with Gasteiger partial charge in [0.15, 0.2) is 11.6 Å². The molecule has 1 aromatic heterocycles. The summed E-state index contributed by atoms with van der Waals surface area (Å²) in [7, 11) is 1.44. The Balaban J connectivity index is 2.17. The van der Waals surface area contributed by atoms with Gasteiger partial charge in [0.1, 0.15) is 0 Å². The fourth-order valence-corrected chi connectivity index (χ4v) is 2.15. The number of nitrogens with one attached hydrogen (secondary N) is 1. The molecule has 0 saturated carbocycles. The molecule has 0 spiro atoms. The third-order valence-corrected chi connectivity index (χ3v) is 3.43. The topological polar surface area (TPSA) is 60.2 Å². The zero-order chi connectivity index (χ0) is 14.5. The molecule has 6 heteroatoms. The zero-order valence-corrected chi connectivity index (χ0v) is 12.5. The van der Waals surface area contributed by atoms with Gasteiger partial charge < -0.3 is 4.74 Å². The second-order valence-corrected chi connectivity index (χ2v) is 5.21. The molecule has 3 N–H and O–H groups in total. The third kappa shape index (κ3) is 3.53. The number of pyridine rings is 1. The second-order valence-electron chi connectivity index (χ2n) is 4.29. The van der Waals surface area contributed by atoms with Crippen LogP contribution in [0.25, 0.3) is 0 Å². The Morgan fingerprint density at radius 1 is 1.40 bits per heavy atom. The molecule has 1 heterocycles. The summed E-state index contributed by atoms with van der Waals surface area (Å²) in [6.45, 7) is 0. The van der Waals surface area contributed by atoms with Crippen LogP contribution in [0.4, 0.5) is 4.39 Å². The molecular weight excluding hydrogens is 325 g/mol. The van der Waals surface area contributed by atoms with E-state index in [4.69, 9.17) is 10.6 Å². The van der Waals surface area contributed by atoms with E-state index in [1.165, 1.54) is 13.2 Å². The molecule has 20 heavy (non-hydrogen) atoms. The smallest absolute Gasteiger partial charge is 0.165 e. The number of aromatic nitrogens is 1. The summed E-state index contributed by atoms with van der Waals surface area (Å²) < 4.78 is 19.5. The molecule has 0 bridgehead atoms. The number of hydrazine groups is 1. The normalized spacial score (nSPS) is 12.2. The predicted molar refractivity (Wildman–Crippen MR) is 78.7 cm³/mol. The van der Waals surface area contributed by atoms with Gasteiger partial charge in [-0.3, -0.25) is 16.3 Å². The van der Waals surface area contributed by atoms with Crippen molar-refractivity contribution in [3.8, 4) is 5.75 Å². The molecule has 0 saturated heterocycles. The minimum Gasteiger partial charge on any atom is -0.494 e. The van der Waals surface area contributed by atoms with E-state index in [1.807, 2.05) is 18.2 Å². The van der Waals surface area contributed by atoms with Crippen LogP contribution in [0.15, 0.2) is 41.0 Å². The van der Waals surface area contributed by atoms with E-state index in [-0.39, 0.29) is 17.6 Å². The largest absolute Gasteiger partial charge is 0.494 e. The number of nitrogens with zero attached hydrogens (tertiary/aromatic N) is 1. The van der Waals surface area contributed by atoms with E-state index >= 15 is 0 Å². The number of benzene rings is 1. The monoisotopic (exact) mass is 339 g/mol. The third-order valence-electron chi connectivity index (χ3n) is 2.96. The fraction of sp³-hybridized carbons (Fsp3) is 0.214. The molecule has 1 atom stereocenters. The van der Waals surface area contributed by atoms with Gasteiger partial charge in [-0.1, -0.05) is 6.07 Å². The molecule has 2 aromatic rings. The number of rotatable bonds is 5. The van der Waals surface area contributed by atoms with Gasteiger partial charge in [0, 0.05) is 10.7 Å². The first-order valence-corrected chi connectivity index (χ1v) is 6.83. The maximum atomic E-state index is 13.7. The van der Waals surface area contributed by atoms with Gasteiger partial charge in [0.2, 0.25) is 0 Å². The lowest BCUT2D eigenvalue weighted by molar-refractivity contribution is 0.386. The highest BCUT2D eigenvalue weighted by atomic mass is 79.9. The molecule has 0 radical (unpaired) electrons. The molecule has 4 nitrogen and oxygen atoms in total. The molecule has 0 fully saturated rings. The first-order valence-electron chi connectivity index (χ1n) is 6.04. The van der Waals surface area contributed by atoms with Crippen molar-refractivity contribution < 1.29 is 9.13 Å². The highest BCUT2D eigenvalue weighted by Crippen LogP contribution is 2.22. The van der Waals surface area contributed by atoms with Crippen LogP contribution in [0.2, 0.25) is 0 Å². The van der Waals surface area contributed by atoms with Crippen molar-refractivity contribution in [2.45, 2.75) is 12.5 Å². The Bertz CT molecular complexity index is 577. The zero-order valence-electron chi connectivity index (χ0n) is 10.9. The first-order chi connectivity index (χ1) is 9.63. The van der Waals surface area contributed by atoms with E-state index in [0.717, 1.165) is 15.7 Å². The van der Waals surface area contributed by atoms with E-state index < -0.39 is 0 Å². The van der Waals surface area contributed by atoms with Gasteiger partial charge >= 0.3 is 0 Å². The van der Waals surface area contributed by atoms with Gasteiger partial charge in [-0.2, -0.15) is 0 Å². The van der Waals surface area contributed by atoms with Gasteiger partial charge in [0.25, 0.3) is 0 Å². The Morgan fingerprint density at radius 3 is 2.75 bits per heavy atom. The summed E-state index contributed by atoms with van der Waals surface area (Å²) in [6.07, 6.45) is 2.24. The van der Waals surface area contributed by atoms with Crippen LogP contribution in [0.3, 0.4) is 0 Å². The lowest BCUT2D eigenvalue weighted by Crippen LogP contribution is -2.30. The Kier molecular flexibility index (Phi) is 5.05. The van der Waals surface area contributed by atoms with Gasteiger partial charge in [-0.15, -0.1) is 0 Å². The highest BCUT2D eigenvalue weighted by Gasteiger charge is 2.13. The van der Waals surface area contributed by atoms with Crippen molar-refractivity contribution in [2.75, 3.05) is 7.11 Å². The molecule has 0 aliphatic carbocycles.